The Morgan fingerprint density at radius 3 is 2.62 bits per heavy atom. The third-order valence-electron chi connectivity index (χ3n) is 2.02. The molecule has 82 valence electrons. The number of carboxylic acids is 1. The molecule has 1 aromatic heterocycles. The molecule has 0 fully saturated rings. The molecule has 0 aliphatic heterocycles. The molecule has 5 heteroatoms. The lowest BCUT2D eigenvalue weighted by molar-refractivity contribution is 0.0701. The van der Waals surface area contributed by atoms with Crippen molar-refractivity contribution in [3.63, 3.8) is 0 Å². The fourth-order valence-electron chi connectivity index (χ4n) is 1.31. The molecule has 0 radical (unpaired) electrons. The number of carboxylic acid groups (broad SMARTS) is 1. The largest absolute Gasteiger partial charge is 0.477 e. The zero-order chi connectivity index (χ0) is 11.7. The Labute approximate surface area is 103 Å². The van der Waals surface area contributed by atoms with E-state index in [1.807, 2.05) is 0 Å². The number of hydrogen-bond donors (Lipinski definition) is 1. The number of aromatic carboxylic acids is 1. The molecule has 0 saturated heterocycles. The van der Waals surface area contributed by atoms with Crippen molar-refractivity contribution in [2.45, 2.75) is 0 Å². The number of thiophene rings is 1. The van der Waals surface area contributed by atoms with Crippen LogP contribution in [0.1, 0.15) is 9.67 Å². The minimum atomic E-state index is -1.01. The third kappa shape index (κ3) is 2.01. The molecule has 1 heterocycles. The molecule has 1 aromatic carbocycles. The van der Waals surface area contributed by atoms with Gasteiger partial charge in [-0.25, -0.2) is 9.18 Å². The van der Waals surface area contributed by atoms with E-state index in [4.69, 9.17) is 5.11 Å². The van der Waals surface area contributed by atoms with Crippen LogP contribution >= 0.6 is 27.3 Å². The first kappa shape index (κ1) is 11.3. The molecule has 0 atom stereocenters. The Balaban J connectivity index is 2.54. The van der Waals surface area contributed by atoms with E-state index >= 15 is 0 Å². The molecule has 0 saturated carbocycles. The highest BCUT2D eigenvalue weighted by atomic mass is 79.9. The van der Waals surface area contributed by atoms with Crippen LogP contribution in [0.4, 0.5) is 4.39 Å². The molecule has 16 heavy (non-hydrogen) atoms. The van der Waals surface area contributed by atoms with Crippen LogP contribution in [0.2, 0.25) is 0 Å². The van der Waals surface area contributed by atoms with Crippen LogP contribution in [0.3, 0.4) is 0 Å². The first-order chi connectivity index (χ1) is 7.59. The van der Waals surface area contributed by atoms with E-state index in [1.54, 1.807) is 24.3 Å². The summed E-state index contributed by atoms with van der Waals surface area (Å²) in [5.74, 6) is -1.37. The maximum Gasteiger partial charge on any atom is 0.347 e. The van der Waals surface area contributed by atoms with Crippen molar-refractivity contribution in [3.05, 3.63) is 45.5 Å². The van der Waals surface area contributed by atoms with E-state index in [9.17, 15) is 9.18 Å². The molecule has 2 rings (SSSR count). The van der Waals surface area contributed by atoms with Gasteiger partial charge in [0.25, 0.3) is 0 Å². The topological polar surface area (TPSA) is 37.3 Å². The Bertz CT molecular complexity index is 551. The van der Waals surface area contributed by atoms with Crippen molar-refractivity contribution in [1.82, 2.24) is 0 Å². The summed E-state index contributed by atoms with van der Waals surface area (Å²) < 4.78 is 13.9. The van der Waals surface area contributed by atoms with Gasteiger partial charge in [-0.05, 0) is 28.1 Å². The summed E-state index contributed by atoms with van der Waals surface area (Å²) in [5, 5.41) is 8.88. The Morgan fingerprint density at radius 1 is 1.38 bits per heavy atom. The van der Waals surface area contributed by atoms with Gasteiger partial charge in [0.15, 0.2) is 0 Å². The predicted octanol–water partition coefficient (Wildman–Crippen LogP) is 4.01. The highest BCUT2D eigenvalue weighted by Gasteiger charge is 2.15. The van der Waals surface area contributed by atoms with Gasteiger partial charge in [-0.2, -0.15) is 0 Å². The molecule has 0 spiro atoms. The quantitative estimate of drug-likeness (QED) is 0.910. The van der Waals surface area contributed by atoms with E-state index in [0.29, 0.717) is 14.9 Å². The molecular weight excluding hydrogens is 295 g/mol. The zero-order valence-corrected chi connectivity index (χ0v) is 10.3. The van der Waals surface area contributed by atoms with Gasteiger partial charge in [0, 0.05) is 14.9 Å². The SMILES string of the molecule is O=C(O)c1sc(-c2ccccc2F)cc1Br. The van der Waals surface area contributed by atoms with E-state index < -0.39 is 5.97 Å². The van der Waals surface area contributed by atoms with Gasteiger partial charge in [0.05, 0.1) is 0 Å². The van der Waals surface area contributed by atoms with Gasteiger partial charge in [0.2, 0.25) is 0 Å². The fraction of sp³-hybridized carbons (Fsp3) is 0. The molecule has 2 nitrogen and oxygen atoms in total. The van der Waals surface area contributed by atoms with Crippen LogP contribution in [0, 0.1) is 5.82 Å². The maximum absolute atomic E-state index is 13.5. The minimum absolute atomic E-state index is 0.179. The first-order valence-electron chi connectivity index (χ1n) is 4.37. The highest BCUT2D eigenvalue weighted by Crippen LogP contribution is 2.35. The molecule has 0 aliphatic rings. The average Bonchev–Trinajstić information content (AvgIpc) is 2.61. The second-order valence-corrected chi connectivity index (χ2v) is 4.98. The standard InChI is InChI=1S/C11H6BrFO2S/c12-7-5-9(16-10(7)11(14)15)6-3-1-2-4-8(6)13/h1-5H,(H,14,15). The third-order valence-corrected chi connectivity index (χ3v) is 4.06. The summed E-state index contributed by atoms with van der Waals surface area (Å²) in [6.45, 7) is 0. The number of carbonyl (C=O) groups is 1. The summed E-state index contributed by atoms with van der Waals surface area (Å²) in [7, 11) is 0. The molecule has 0 bridgehead atoms. The van der Waals surface area contributed by atoms with E-state index in [2.05, 4.69) is 15.9 Å². The molecule has 1 N–H and O–H groups in total. The Hall–Kier alpha value is -1.20. The average molecular weight is 301 g/mol. The van der Waals surface area contributed by atoms with Gasteiger partial charge < -0.3 is 5.11 Å². The van der Waals surface area contributed by atoms with Crippen molar-refractivity contribution in [2.24, 2.45) is 0 Å². The zero-order valence-electron chi connectivity index (χ0n) is 7.91. The van der Waals surface area contributed by atoms with Crippen molar-refractivity contribution in [1.29, 1.82) is 0 Å². The van der Waals surface area contributed by atoms with Gasteiger partial charge >= 0.3 is 5.97 Å². The van der Waals surface area contributed by atoms with Crippen LogP contribution < -0.4 is 0 Å². The van der Waals surface area contributed by atoms with E-state index in [0.717, 1.165) is 11.3 Å². The normalized spacial score (nSPS) is 10.4. The lowest BCUT2D eigenvalue weighted by atomic mass is 10.2. The van der Waals surface area contributed by atoms with Crippen molar-refractivity contribution >= 4 is 33.2 Å². The maximum atomic E-state index is 13.5. The van der Waals surface area contributed by atoms with Crippen molar-refractivity contribution < 1.29 is 14.3 Å². The Morgan fingerprint density at radius 2 is 2.06 bits per heavy atom. The highest BCUT2D eigenvalue weighted by molar-refractivity contribution is 9.10. The monoisotopic (exact) mass is 300 g/mol. The lowest BCUT2D eigenvalue weighted by Gasteiger charge is -1.97. The van der Waals surface area contributed by atoms with Crippen LogP contribution in [0.25, 0.3) is 10.4 Å². The second-order valence-electron chi connectivity index (χ2n) is 3.07. The summed E-state index contributed by atoms with van der Waals surface area (Å²) in [4.78, 5) is 11.6. The van der Waals surface area contributed by atoms with Gasteiger partial charge in [-0.3, -0.25) is 0 Å². The molecular formula is C11H6BrFO2S. The minimum Gasteiger partial charge on any atom is -0.477 e. The van der Waals surface area contributed by atoms with E-state index in [1.165, 1.54) is 6.07 Å². The molecule has 0 amide bonds. The molecule has 2 aromatic rings. The van der Waals surface area contributed by atoms with Crippen LogP contribution in [0.5, 0.6) is 0 Å². The molecule has 0 unspecified atom stereocenters. The molecule has 0 aliphatic carbocycles. The fourth-order valence-corrected chi connectivity index (χ4v) is 3.02. The van der Waals surface area contributed by atoms with Crippen LogP contribution in [-0.2, 0) is 0 Å². The summed E-state index contributed by atoms with van der Waals surface area (Å²) in [6, 6.07) is 7.90. The van der Waals surface area contributed by atoms with Gasteiger partial charge in [0.1, 0.15) is 10.7 Å². The first-order valence-corrected chi connectivity index (χ1v) is 5.98. The van der Waals surface area contributed by atoms with Crippen molar-refractivity contribution in [2.75, 3.05) is 0 Å². The van der Waals surface area contributed by atoms with Gasteiger partial charge in [-0.1, -0.05) is 18.2 Å². The second kappa shape index (κ2) is 4.35. The lowest BCUT2D eigenvalue weighted by Crippen LogP contribution is -1.91. The van der Waals surface area contributed by atoms with Crippen LogP contribution in [0.15, 0.2) is 34.8 Å². The predicted molar refractivity (Wildman–Crippen MR) is 64.4 cm³/mol. The number of benzene rings is 1. The summed E-state index contributed by atoms with van der Waals surface area (Å²) >= 11 is 4.20. The summed E-state index contributed by atoms with van der Waals surface area (Å²) in [5.41, 5.74) is 0.417. The van der Waals surface area contributed by atoms with E-state index in [-0.39, 0.29) is 10.7 Å². The number of rotatable bonds is 2. The van der Waals surface area contributed by atoms with Crippen molar-refractivity contribution in [3.8, 4) is 10.4 Å². The number of halogens is 2. The van der Waals surface area contributed by atoms with Crippen LogP contribution in [-0.4, -0.2) is 11.1 Å². The van der Waals surface area contributed by atoms with Gasteiger partial charge in [-0.15, -0.1) is 11.3 Å². The number of hydrogen-bond acceptors (Lipinski definition) is 2. The summed E-state index contributed by atoms with van der Waals surface area (Å²) in [6.07, 6.45) is 0. The smallest absolute Gasteiger partial charge is 0.347 e. The Kier molecular flexibility index (Phi) is 3.07.